The zero-order valence-electron chi connectivity index (χ0n) is 14.1. The number of benzene rings is 2. The first-order valence-corrected chi connectivity index (χ1v) is 9.91. The Kier molecular flexibility index (Phi) is 4.06. The Labute approximate surface area is 148 Å². The highest BCUT2D eigenvalue weighted by atomic mass is 32.2. The molecule has 2 aromatic carbocycles. The van der Waals surface area contributed by atoms with E-state index in [9.17, 15) is 8.42 Å². The Morgan fingerprint density at radius 3 is 2.64 bits per heavy atom. The summed E-state index contributed by atoms with van der Waals surface area (Å²) < 4.78 is 28.5. The van der Waals surface area contributed by atoms with Crippen molar-refractivity contribution in [2.24, 2.45) is 0 Å². The van der Waals surface area contributed by atoms with Crippen LogP contribution in [0.15, 0.2) is 65.7 Å². The van der Waals surface area contributed by atoms with Crippen LogP contribution in [-0.4, -0.2) is 23.7 Å². The SMILES string of the molecule is Cc1cccc(CN(C2CC2)S(=O)(=O)c2cccc3ncccc23)c1. The Morgan fingerprint density at radius 1 is 1.08 bits per heavy atom. The fourth-order valence-corrected chi connectivity index (χ4v) is 5.07. The van der Waals surface area contributed by atoms with Crippen LogP contribution in [0, 0.1) is 6.92 Å². The van der Waals surface area contributed by atoms with Crippen LogP contribution in [0.2, 0.25) is 0 Å². The monoisotopic (exact) mass is 352 g/mol. The van der Waals surface area contributed by atoms with Crippen molar-refractivity contribution < 1.29 is 8.42 Å². The van der Waals surface area contributed by atoms with Crippen molar-refractivity contribution in [2.45, 2.75) is 37.2 Å². The van der Waals surface area contributed by atoms with E-state index >= 15 is 0 Å². The van der Waals surface area contributed by atoms with E-state index in [-0.39, 0.29) is 6.04 Å². The fraction of sp³-hybridized carbons (Fsp3) is 0.250. The zero-order chi connectivity index (χ0) is 17.4. The topological polar surface area (TPSA) is 50.3 Å². The van der Waals surface area contributed by atoms with Crippen molar-refractivity contribution in [2.75, 3.05) is 0 Å². The minimum Gasteiger partial charge on any atom is -0.256 e. The molecular formula is C20H20N2O2S. The van der Waals surface area contributed by atoms with Gasteiger partial charge in [0, 0.05) is 24.2 Å². The highest BCUT2D eigenvalue weighted by molar-refractivity contribution is 7.89. The number of pyridine rings is 1. The van der Waals surface area contributed by atoms with Gasteiger partial charge >= 0.3 is 0 Å². The van der Waals surface area contributed by atoms with E-state index in [1.165, 1.54) is 0 Å². The summed E-state index contributed by atoms with van der Waals surface area (Å²) in [5.41, 5.74) is 2.86. The van der Waals surface area contributed by atoms with Gasteiger partial charge in [0.25, 0.3) is 0 Å². The third-order valence-electron chi connectivity index (χ3n) is 4.57. The van der Waals surface area contributed by atoms with Crippen LogP contribution < -0.4 is 0 Å². The number of aryl methyl sites for hydroxylation is 1. The Morgan fingerprint density at radius 2 is 1.88 bits per heavy atom. The summed E-state index contributed by atoms with van der Waals surface area (Å²) in [4.78, 5) is 4.63. The first kappa shape index (κ1) is 16.2. The molecule has 1 aliphatic carbocycles. The molecule has 0 amide bonds. The zero-order valence-corrected chi connectivity index (χ0v) is 14.9. The maximum absolute atomic E-state index is 13.4. The van der Waals surface area contributed by atoms with Crippen molar-refractivity contribution in [3.63, 3.8) is 0 Å². The van der Waals surface area contributed by atoms with Crippen LogP contribution in [0.1, 0.15) is 24.0 Å². The highest BCUT2D eigenvalue weighted by Crippen LogP contribution is 2.35. The van der Waals surface area contributed by atoms with Gasteiger partial charge in [0.05, 0.1) is 10.4 Å². The van der Waals surface area contributed by atoms with Crippen LogP contribution in [0.3, 0.4) is 0 Å². The first-order valence-electron chi connectivity index (χ1n) is 8.47. The number of rotatable bonds is 5. The van der Waals surface area contributed by atoms with Crippen molar-refractivity contribution in [1.29, 1.82) is 0 Å². The van der Waals surface area contributed by atoms with E-state index in [0.717, 1.165) is 24.0 Å². The van der Waals surface area contributed by atoms with E-state index in [0.29, 0.717) is 22.3 Å². The van der Waals surface area contributed by atoms with Gasteiger partial charge in [-0.3, -0.25) is 4.98 Å². The number of nitrogens with zero attached hydrogens (tertiary/aromatic N) is 2. The Bertz CT molecular complexity index is 1020. The van der Waals surface area contributed by atoms with E-state index < -0.39 is 10.0 Å². The fourth-order valence-electron chi connectivity index (χ4n) is 3.19. The van der Waals surface area contributed by atoms with Gasteiger partial charge in [-0.05, 0) is 49.6 Å². The van der Waals surface area contributed by atoms with E-state index in [2.05, 4.69) is 11.1 Å². The van der Waals surface area contributed by atoms with Crippen LogP contribution in [0.4, 0.5) is 0 Å². The van der Waals surface area contributed by atoms with E-state index in [1.807, 2.05) is 37.3 Å². The molecule has 128 valence electrons. The quantitative estimate of drug-likeness (QED) is 0.700. The average Bonchev–Trinajstić information content (AvgIpc) is 3.44. The first-order chi connectivity index (χ1) is 12.1. The van der Waals surface area contributed by atoms with Crippen molar-refractivity contribution in [3.8, 4) is 0 Å². The van der Waals surface area contributed by atoms with Gasteiger partial charge in [-0.15, -0.1) is 0 Å². The van der Waals surface area contributed by atoms with Crippen LogP contribution in [0.5, 0.6) is 0 Å². The lowest BCUT2D eigenvalue weighted by atomic mass is 10.1. The van der Waals surface area contributed by atoms with Gasteiger partial charge in [-0.2, -0.15) is 4.31 Å². The lowest BCUT2D eigenvalue weighted by molar-refractivity contribution is 0.399. The molecular weight excluding hydrogens is 332 g/mol. The normalized spacial score (nSPS) is 15.0. The van der Waals surface area contributed by atoms with Gasteiger partial charge < -0.3 is 0 Å². The third kappa shape index (κ3) is 3.17. The average molecular weight is 352 g/mol. The minimum absolute atomic E-state index is 0.0949. The lowest BCUT2D eigenvalue weighted by Gasteiger charge is -2.23. The maximum atomic E-state index is 13.4. The summed E-state index contributed by atoms with van der Waals surface area (Å²) in [6, 6.07) is 17.0. The number of fused-ring (bicyclic) bond motifs is 1. The predicted molar refractivity (Wildman–Crippen MR) is 98.7 cm³/mol. The lowest BCUT2D eigenvalue weighted by Crippen LogP contribution is -2.32. The second-order valence-electron chi connectivity index (χ2n) is 6.60. The summed E-state index contributed by atoms with van der Waals surface area (Å²) in [7, 11) is -3.58. The van der Waals surface area contributed by atoms with Crippen molar-refractivity contribution >= 4 is 20.9 Å². The molecule has 4 rings (SSSR count). The molecule has 0 aliphatic heterocycles. The molecule has 1 aliphatic rings. The minimum atomic E-state index is -3.58. The highest BCUT2D eigenvalue weighted by Gasteiger charge is 2.38. The third-order valence-corrected chi connectivity index (χ3v) is 6.52. The van der Waals surface area contributed by atoms with Crippen LogP contribution >= 0.6 is 0 Å². The molecule has 0 radical (unpaired) electrons. The summed E-state index contributed by atoms with van der Waals surface area (Å²) >= 11 is 0. The summed E-state index contributed by atoms with van der Waals surface area (Å²) in [6.45, 7) is 2.43. The van der Waals surface area contributed by atoms with E-state index in [4.69, 9.17) is 0 Å². The number of aromatic nitrogens is 1. The van der Waals surface area contributed by atoms with Crippen molar-refractivity contribution in [3.05, 3.63) is 71.9 Å². The summed E-state index contributed by atoms with van der Waals surface area (Å²) in [5.74, 6) is 0. The molecule has 4 nitrogen and oxygen atoms in total. The molecule has 0 N–H and O–H groups in total. The molecule has 1 aromatic heterocycles. The summed E-state index contributed by atoms with van der Waals surface area (Å²) in [6.07, 6.45) is 3.53. The van der Waals surface area contributed by atoms with Gasteiger partial charge in [0.2, 0.25) is 10.0 Å². The molecule has 5 heteroatoms. The molecule has 1 heterocycles. The predicted octanol–water partition coefficient (Wildman–Crippen LogP) is 3.90. The van der Waals surface area contributed by atoms with Crippen molar-refractivity contribution in [1.82, 2.24) is 9.29 Å². The van der Waals surface area contributed by atoms with Gasteiger partial charge in [0.1, 0.15) is 0 Å². The molecule has 0 bridgehead atoms. The molecule has 25 heavy (non-hydrogen) atoms. The van der Waals surface area contributed by atoms with Gasteiger partial charge in [0.15, 0.2) is 0 Å². The second kappa shape index (κ2) is 6.24. The summed E-state index contributed by atoms with van der Waals surface area (Å²) in [5, 5.41) is 0.680. The van der Waals surface area contributed by atoms with Crippen LogP contribution in [-0.2, 0) is 16.6 Å². The van der Waals surface area contributed by atoms with E-state index in [1.54, 1.807) is 28.7 Å². The van der Waals surface area contributed by atoms with Crippen LogP contribution in [0.25, 0.3) is 10.9 Å². The molecule has 0 spiro atoms. The molecule has 0 saturated heterocycles. The van der Waals surface area contributed by atoms with Gasteiger partial charge in [-0.25, -0.2) is 8.42 Å². The molecule has 0 atom stereocenters. The maximum Gasteiger partial charge on any atom is 0.244 e. The Hall–Kier alpha value is -2.24. The number of hydrogen-bond donors (Lipinski definition) is 0. The number of hydrogen-bond acceptors (Lipinski definition) is 3. The molecule has 1 fully saturated rings. The standard InChI is InChI=1S/C20H20N2O2S/c1-15-5-2-6-16(13-15)14-22(17-10-11-17)25(23,24)20-9-3-8-19-18(20)7-4-12-21-19/h2-9,12-13,17H,10-11,14H2,1H3. The smallest absolute Gasteiger partial charge is 0.244 e. The largest absolute Gasteiger partial charge is 0.256 e. The second-order valence-corrected chi connectivity index (χ2v) is 8.46. The molecule has 0 unspecified atom stereocenters. The molecule has 3 aromatic rings. The Balaban J connectivity index is 1.78. The van der Waals surface area contributed by atoms with Gasteiger partial charge in [-0.1, -0.05) is 35.9 Å². The number of sulfonamides is 1. The molecule has 1 saturated carbocycles.